The Bertz CT molecular complexity index is 538. The van der Waals surface area contributed by atoms with E-state index in [0.717, 1.165) is 23.5 Å². The molecule has 100 valence electrons. The first-order valence-corrected chi connectivity index (χ1v) is 6.47. The van der Waals surface area contributed by atoms with Crippen molar-refractivity contribution in [1.82, 2.24) is 4.98 Å². The van der Waals surface area contributed by atoms with Crippen molar-refractivity contribution < 1.29 is 5.11 Å². The normalized spacial score (nSPS) is 12.2. The number of benzene rings is 1. The molecule has 2 aromatic rings. The van der Waals surface area contributed by atoms with Gasteiger partial charge in [0.1, 0.15) is 5.82 Å². The van der Waals surface area contributed by atoms with Gasteiger partial charge in [-0.2, -0.15) is 0 Å². The van der Waals surface area contributed by atoms with Gasteiger partial charge in [0.25, 0.3) is 0 Å². The van der Waals surface area contributed by atoms with Crippen LogP contribution in [-0.2, 0) is 6.54 Å². The average Bonchev–Trinajstić information content (AvgIpc) is 2.39. The number of pyridine rings is 1. The third kappa shape index (κ3) is 3.32. The number of nitrogens with zero attached hydrogens (tertiary/aromatic N) is 2. The van der Waals surface area contributed by atoms with Crippen LogP contribution in [0.25, 0.3) is 0 Å². The van der Waals surface area contributed by atoms with E-state index < -0.39 is 6.10 Å². The van der Waals surface area contributed by atoms with Crippen molar-refractivity contribution in [3.63, 3.8) is 0 Å². The number of anilines is 1. The Hall–Kier alpha value is -1.87. The van der Waals surface area contributed by atoms with Crippen molar-refractivity contribution in [3.05, 3.63) is 59.3 Å². The standard InChI is InChI=1S/C16H20N2O/c1-12-9-15(13(2)19)10-17-16(12)18(3)11-14-7-5-4-6-8-14/h4-10,13,19H,11H2,1-3H3. The molecule has 1 aromatic carbocycles. The zero-order valence-electron chi connectivity index (χ0n) is 11.7. The first-order chi connectivity index (χ1) is 9.08. The maximum atomic E-state index is 9.56. The molecule has 1 aromatic heterocycles. The van der Waals surface area contributed by atoms with Gasteiger partial charge in [0.15, 0.2) is 0 Å². The summed E-state index contributed by atoms with van der Waals surface area (Å²) in [4.78, 5) is 6.58. The van der Waals surface area contributed by atoms with Gasteiger partial charge < -0.3 is 10.0 Å². The molecular weight excluding hydrogens is 236 g/mol. The molecule has 1 atom stereocenters. The SMILES string of the molecule is Cc1cc(C(C)O)cnc1N(C)Cc1ccccc1. The molecule has 0 bridgehead atoms. The molecule has 3 heteroatoms. The molecule has 2 rings (SSSR count). The summed E-state index contributed by atoms with van der Waals surface area (Å²) >= 11 is 0. The van der Waals surface area contributed by atoms with E-state index in [2.05, 4.69) is 22.0 Å². The van der Waals surface area contributed by atoms with Gasteiger partial charge >= 0.3 is 0 Å². The minimum atomic E-state index is -0.473. The predicted molar refractivity (Wildman–Crippen MR) is 78.2 cm³/mol. The van der Waals surface area contributed by atoms with E-state index in [-0.39, 0.29) is 0 Å². The van der Waals surface area contributed by atoms with Crippen LogP contribution in [0.5, 0.6) is 0 Å². The highest BCUT2D eigenvalue weighted by Crippen LogP contribution is 2.21. The molecule has 0 aliphatic carbocycles. The zero-order valence-corrected chi connectivity index (χ0v) is 11.7. The summed E-state index contributed by atoms with van der Waals surface area (Å²) < 4.78 is 0. The van der Waals surface area contributed by atoms with E-state index in [0.29, 0.717) is 0 Å². The first-order valence-electron chi connectivity index (χ1n) is 6.47. The lowest BCUT2D eigenvalue weighted by molar-refractivity contribution is 0.199. The molecule has 1 heterocycles. The molecule has 0 aliphatic rings. The molecule has 3 nitrogen and oxygen atoms in total. The second-order valence-electron chi connectivity index (χ2n) is 4.93. The summed E-state index contributed by atoms with van der Waals surface area (Å²) in [6.07, 6.45) is 1.27. The second kappa shape index (κ2) is 5.85. The molecular formula is C16H20N2O. The monoisotopic (exact) mass is 256 g/mol. The fourth-order valence-electron chi connectivity index (χ4n) is 2.15. The number of hydrogen-bond donors (Lipinski definition) is 1. The molecule has 1 N–H and O–H groups in total. The molecule has 0 saturated heterocycles. The number of hydrogen-bond acceptors (Lipinski definition) is 3. The van der Waals surface area contributed by atoms with E-state index >= 15 is 0 Å². The quantitative estimate of drug-likeness (QED) is 0.913. The van der Waals surface area contributed by atoms with Crippen LogP contribution < -0.4 is 4.90 Å². The molecule has 19 heavy (non-hydrogen) atoms. The first kappa shape index (κ1) is 13.6. The van der Waals surface area contributed by atoms with Crippen LogP contribution in [0.1, 0.15) is 29.7 Å². The Kier molecular flexibility index (Phi) is 4.17. The molecule has 0 amide bonds. The molecule has 1 unspecified atom stereocenters. The number of aliphatic hydroxyl groups excluding tert-OH is 1. The lowest BCUT2D eigenvalue weighted by Crippen LogP contribution is -2.19. The molecule has 0 fully saturated rings. The van der Waals surface area contributed by atoms with Crippen molar-refractivity contribution in [2.24, 2.45) is 0 Å². The summed E-state index contributed by atoms with van der Waals surface area (Å²) in [6, 6.07) is 12.3. The van der Waals surface area contributed by atoms with Crippen LogP contribution in [0.3, 0.4) is 0 Å². The van der Waals surface area contributed by atoms with Gasteiger partial charge in [0, 0.05) is 19.8 Å². The number of rotatable bonds is 4. The Labute approximate surface area is 114 Å². The largest absolute Gasteiger partial charge is 0.389 e. The van der Waals surface area contributed by atoms with E-state index in [1.807, 2.05) is 38.2 Å². The van der Waals surface area contributed by atoms with Crippen LogP contribution in [0.4, 0.5) is 5.82 Å². The zero-order chi connectivity index (χ0) is 13.8. The van der Waals surface area contributed by atoms with Crippen LogP contribution in [0.2, 0.25) is 0 Å². The topological polar surface area (TPSA) is 36.4 Å². The summed E-state index contributed by atoms with van der Waals surface area (Å²) in [5.74, 6) is 0.952. The fraction of sp³-hybridized carbons (Fsp3) is 0.312. The number of aryl methyl sites for hydroxylation is 1. The maximum absolute atomic E-state index is 9.56. The fourth-order valence-corrected chi connectivity index (χ4v) is 2.15. The molecule has 0 saturated carbocycles. The van der Waals surface area contributed by atoms with Gasteiger partial charge in [-0.15, -0.1) is 0 Å². The van der Waals surface area contributed by atoms with E-state index in [1.54, 1.807) is 13.1 Å². The lowest BCUT2D eigenvalue weighted by Gasteiger charge is -2.21. The second-order valence-corrected chi connectivity index (χ2v) is 4.93. The van der Waals surface area contributed by atoms with Crippen molar-refractivity contribution >= 4 is 5.82 Å². The van der Waals surface area contributed by atoms with Crippen LogP contribution in [0.15, 0.2) is 42.6 Å². The minimum Gasteiger partial charge on any atom is -0.389 e. The van der Waals surface area contributed by atoms with Crippen LogP contribution in [0, 0.1) is 6.92 Å². The van der Waals surface area contributed by atoms with Gasteiger partial charge in [-0.3, -0.25) is 0 Å². The van der Waals surface area contributed by atoms with Gasteiger partial charge in [0.05, 0.1) is 6.10 Å². The van der Waals surface area contributed by atoms with Crippen LogP contribution in [-0.4, -0.2) is 17.1 Å². The average molecular weight is 256 g/mol. The number of aromatic nitrogens is 1. The van der Waals surface area contributed by atoms with Crippen LogP contribution >= 0.6 is 0 Å². The van der Waals surface area contributed by atoms with Crippen molar-refractivity contribution in [1.29, 1.82) is 0 Å². The van der Waals surface area contributed by atoms with Crippen molar-refractivity contribution in [2.75, 3.05) is 11.9 Å². The van der Waals surface area contributed by atoms with E-state index in [1.165, 1.54) is 5.56 Å². The Balaban J connectivity index is 2.17. The van der Waals surface area contributed by atoms with Gasteiger partial charge in [-0.25, -0.2) is 4.98 Å². The Morgan fingerprint density at radius 2 is 1.95 bits per heavy atom. The van der Waals surface area contributed by atoms with Crippen molar-refractivity contribution in [3.8, 4) is 0 Å². The third-order valence-corrected chi connectivity index (χ3v) is 3.18. The molecule has 0 spiro atoms. The highest BCUT2D eigenvalue weighted by molar-refractivity contribution is 5.47. The highest BCUT2D eigenvalue weighted by atomic mass is 16.3. The summed E-state index contributed by atoms with van der Waals surface area (Å²) in [5, 5.41) is 9.56. The minimum absolute atomic E-state index is 0.473. The highest BCUT2D eigenvalue weighted by Gasteiger charge is 2.09. The third-order valence-electron chi connectivity index (χ3n) is 3.18. The van der Waals surface area contributed by atoms with E-state index in [9.17, 15) is 5.11 Å². The lowest BCUT2D eigenvalue weighted by atomic mass is 10.1. The van der Waals surface area contributed by atoms with E-state index in [4.69, 9.17) is 0 Å². The Morgan fingerprint density at radius 3 is 2.53 bits per heavy atom. The summed E-state index contributed by atoms with van der Waals surface area (Å²) in [6.45, 7) is 4.60. The molecule has 0 radical (unpaired) electrons. The van der Waals surface area contributed by atoms with Gasteiger partial charge in [-0.05, 0) is 36.6 Å². The van der Waals surface area contributed by atoms with Gasteiger partial charge in [0.2, 0.25) is 0 Å². The van der Waals surface area contributed by atoms with Crippen molar-refractivity contribution in [2.45, 2.75) is 26.5 Å². The maximum Gasteiger partial charge on any atom is 0.131 e. The summed E-state index contributed by atoms with van der Waals surface area (Å²) in [7, 11) is 2.03. The molecule has 0 aliphatic heterocycles. The Morgan fingerprint density at radius 1 is 1.26 bits per heavy atom. The number of aliphatic hydroxyl groups is 1. The van der Waals surface area contributed by atoms with Gasteiger partial charge in [-0.1, -0.05) is 30.3 Å². The predicted octanol–water partition coefficient (Wildman–Crippen LogP) is 3.08. The summed E-state index contributed by atoms with van der Waals surface area (Å²) in [5.41, 5.74) is 3.19. The smallest absolute Gasteiger partial charge is 0.131 e.